The van der Waals surface area contributed by atoms with Crippen LogP contribution in [0.2, 0.25) is 0 Å². The van der Waals surface area contributed by atoms with Crippen LogP contribution in [0.4, 0.5) is 0 Å². The van der Waals surface area contributed by atoms with E-state index in [-0.39, 0.29) is 0 Å². The second kappa shape index (κ2) is 6.97. The molecule has 1 aromatic heterocycles. The lowest BCUT2D eigenvalue weighted by molar-refractivity contribution is 0.446. The minimum atomic E-state index is 0.481. The zero-order chi connectivity index (χ0) is 12.0. The van der Waals surface area contributed by atoms with E-state index >= 15 is 0 Å². The molecule has 1 N–H and O–H groups in total. The fraction of sp³-hybridized carbons (Fsp3) is 0.750. The Kier molecular flexibility index (Phi) is 5.91. The minimum Gasteiger partial charge on any atom is -0.440 e. The maximum absolute atomic E-state index is 5.36. The number of aromatic nitrogens is 1. The van der Waals surface area contributed by atoms with Crippen molar-refractivity contribution in [3.8, 4) is 0 Å². The number of thioether (sulfide) groups is 1. The normalized spacial score (nSPS) is 15.0. The Balaban J connectivity index is 2.45. The molecule has 0 amide bonds. The van der Waals surface area contributed by atoms with Gasteiger partial charge >= 0.3 is 0 Å². The summed E-state index contributed by atoms with van der Waals surface area (Å²) in [6.45, 7) is 9.65. The van der Waals surface area contributed by atoms with E-state index in [2.05, 4.69) is 31.1 Å². The van der Waals surface area contributed by atoms with Gasteiger partial charge in [-0.2, -0.15) is 0 Å². The van der Waals surface area contributed by atoms with Crippen LogP contribution in [-0.4, -0.2) is 22.8 Å². The van der Waals surface area contributed by atoms with Crippen LogP contribution in [0, 0.1) is 6.92 Å². The predicted octanol–water partition coefficient (Wildman–Crippen LogP) is 3.24. The molecule has 0 aromatic carbocycles. The van der Waals surface area contributed by atoms with Crippen LogP contribution in [-0.2, 0) is 0 Å². The number of oxazole rings is 1. The maximum atomic E-state index is 5.36. The fourth-order valence-corrected chi connectivity index (χ4v) is 2.67. The van der Waals surface area contributed by atoms with Crippen LogP contribution >= 0.6 is 11.8 Å². The van der Waals surface area contributed by atoms with Gasteiger partial charge in [0, 0.05) is 11.3 Å². The number of hydrogen-bond acceptors (Lipinski definition) is 4. The van der Waals surface area contributed by atoms with Crippen molar-refractivity contribution >= 4 is 11.8 Å². The van der Waals surface area contributed by atoms with E-state index in [0.29, 0.717) is 11.3 Å². The number of nitrogens with one attached hydrogen (secondary N) is 1. The highest BCUT2D eigenvalue weighted by Gasteiger charge is 2.17. The van der Waals surface area contributed by atoms with Crippen LogP contribution in [0.25, 0.3) is 0 Å². The number of aryl methyl sites for hydroxylation is 1. The summed E-state index contributed by atoms with van der Waals surface area (Å²) in [5.74, 6) is 0. The Labute approximate surface area is 102 Å². The molecule has 1 rings (SSSR count). The molecular weight excluding hydrogens is 220 g/mol. The molecule has 1 aromatic rings. The van der Waals surface area contributed by atoms with Gasteiger partial charge in [0.05, 0.1) is 5.69 Å². The Morgan fingerprint density at radius 2 is 2.25 bits per heavy atom. The SMILES string of the molecule is CCCNC(CC)C(C)Sc1nc(C)co1. The Bertz CT molecular complexity index is 301. The molecule has 0 aliphatic carbocycles. The van der Waals surface area contributed by atoms with Gasteiger partial charge in [-0.3, -0.25) is 0 Å². The van der Waals surface area contributed by atoms with E-state index in [1.54, 1.807) is 18.0 Å². The summed E-state index contributed by atoms with van der Waals surface area (Å²) in [4.78, 5) is 4.32. The van der Waals surface area contributed by atoms with Crippen molar-refractivity contribution in [3.05, 3.63) is 12.0 Å². The van der Waals surface area contributed by atoms with E-state index in [9.17, 15) is 0 Å². The third-order valence-corrected chi connectivity index (χ3v) is 3.64. The van der Waals surface area contributed by atoms with E-state index in [4.69, 9.17) is 4.42 Å². The number of hydrogen-bond donors (Lipinski definition) is 1. The second-order valence-electron chi connectivity index (χ2n) is 4.05. The topological polar surface area (TPSA) is 38.1 Å². The van der Waals surface area contributed by atoms with Gasteiger partial charge in [0.15, 0.2) is 0 Å². The molecule has 2 unspecified atom stereocenters. The van der Waals surface area contributed by atoms with Crippen LogP contribution in [0.15, 0.2) is 15.9 Å². The molecule has 0 radical (unpaired) electrons. The van der Waals surface area contributed by atoms with Crippen LogP contribution in [0.3, 0.4) is 0 Å². The maximum Gasteiger partial charge on any atom is 0.256 e. The van der Waals surface area contributed by atoms with Crippen molar-refractivity contribution in [1.29, 1.82) is 0 Å². The van der Waals surface area contributed by atoms with Crippen molar-refractivity contribution in [2.75, 3.05) is 6.54 Å². The molecule has 3 nitrogen and oxygen atoms in total. The lowest BCUT2D eigenvalue weighted by Crippen LogP contribution is -2.36. The highest BCUT2D eigenvalue weighted by Crippen LogP contribution is 2.25. The van der Waals surface area contributed by atoms with Crippen molar-refractivity contribution in [1.82, 2.24) is 10.3 Å². The van der Waals surface area contributed by atoms with Gasteiger partial charge in [0.25, 0.3) is 5.22 Å². The van der Waals surface area contributed by atoms with Crippen molar-refractivity contribution in [2.24, 2.45) is 0 Å². The quantitative estimate of drug-likeness (QED) is 0.745. The zero-order valence-corrected chi connectivity index (χ0v) is 11.4. The van der Waals surface area contributed by atoms with E-state index in [0.717, 1.165) is 23.9 Å². The average molecular weight is 242 g/mol. The summed E-state index contributed by atoms with van der Waals surface area (Å²) >= 11 is 1.71. The largest absolute Gasteiger partial charge is 0.440 e. The highest BCUT2D eigenvalue weighted by atomic mass is 32.2. The highest BCUT2D eigenvalue weighted by molar-refractivity contribution is 7.99. The van der Waals surface area contributed by atoms with Crippen LogP contribution in [0.5, 0.6) is 0 Å². The monoisotopic (exact) mass is 242 g/mol. The Hall–Kier alpha value is -0.480. The van der Waals surface area contributed by atoms with E-state index in [1.165, 1.54) is 6.42 Å². The fourth-order valence-electron chi connectivity index (χ4n) is 1.60. The Morgan fingerprint density at radius 3 is 2.75 bits per heavy atom. The van der Waals surface area contributed by atoms with Gasteiger partial charge < -0.3 is 9.73 Å². The van der Waals surface area contributed by atoms with Crippen molar-refractivity contribution in [2.45, 2.75) is 57.1 Å². The molecular formula is C12H22N2OS. The van der Waals surface area contributed by atoms with Gasteiger partial charge in [-0.05, 0) is 26.3 Å². The van der Waals surface area contributed by atoms with E-state index in [1.807, 2.05) is 6.92 Å². The van der Waals surface area contributed by atoms with Crippen molar-refractivity contribution < 1.29 is 4.42 Å². The molecule has 16 heavy (non-hydrogen) atoms. The molecule has 0 saturated carbocycles. The number of nitrogens with zero attached hydrogens (tertiary/aromatic N) is 1. The summed E-state index contributed by atoms with van der Waals surface area (Å²) in [6.07, 6.45) is 4.01. The number of rotatable bonds is 7. The molecule has 1 heterocycles. The predicted molar refractivity (Wildman–Crippen MR) is 68.9 cm³/mol. The first-order valence-electron chi connectivity index (χ1n) is 5.99. The third kappa shape index (κ3) is 4.18. The lowest BCUT2D eigenvalue weighted by atomic mass is 10.1. The first-order valence-corrected chi connectivity index (χ1v) is 6.87. The Morgan fingerprint density at radius 1 is 1.50 bits per heavy atom. The van der Waals surface area contributed by atoms with Gasteiger partial charge in [-0.25, -0.2) is 4.98 Å². The van der Waals surface area contributed by atoms with Crippen LogP contribution < -0.4 is 5.32 Å². The molecule has 4 heteroatoms. The minimum absolute atomic E-state index is 0.481. The second-order valence-corrected chi connectivity index (χ2v) is 5.38. The van der Waals surface area contributed by atoms with Gasteiger partial charge in [0.2, 0.25) is 0 Å². The summed E-state index contributed by atoms with van der Waals surface area (Å²) in [6, 6.07) is 0.525. The molecule has 0 spiro atoms. The van der Waals surface area contributed by atoms with Crippen LogP contribution in [0.1, 0.15) is 39.3 Å². The standard InChI is InChI=1S/C12H22N2OS/c1-5-7-13-11(6-2)10(4)16-12-14-9(3)8-15-12/h8,10-11,13H,5-7H2,1-4H3. The zero-order valence-electron chi connectivity index (χ0n) is 10.6. The smallest absolute Gasteiger partial charge is 0.256 e. The molecule has 0 saturated heterocycles. The summed E-state index contributed by atoms with van der Waals surface area (Å²) in [7, 11) is 0. The van der Waals surface area contributed by atoms with E-state index < -0.39 is 0 Å². The third-order valence-electron chi connectivity index (χ3n) is 2.55. The first-order chi connectivity index (χ1) is 7.67. The average Bonchev–Trinajstić information content (AvgIpc) is 2.65. The molecule has 0 bridgehead atoms. The molecule has 0 aliphatic rings. The van der Waals surface area contributed by atoms with Gasteiger partial charge in [-0.1, -0.05) is 32.5 Å². The van der Waals surface area contributed by atoms with Gasteiger partial charge in [0.1, 0.15) is 6.26 Å². The molecule has 92 valence electrons. The summed E-state index contributed by atoms with van der Waals surface area (Å²) in [5, 5.41) is 4.82. The summed E-state index contributed by atoms with van der Waals surface area (Å²) < 4.78 is 5.36. The lowest BCUT2D eigenvalue weighted by Gasteiger charge is -2.22. The summed E-state index contributed by atoms with van der Waals surface area (Å²) in [5.41, 5.74) is 0.948. The van der Waals surface area contributed by atoms with Gasteiger partial charge in [-0.15, -0.1) is 0 Å². The molecule has 0 fully saturated rings. The first kappa shape index (κ1) is 13.6. The molecule has 2 atom stereocenters. The molecule has 0 aliphatic heterocycles. The van der Waals surface area contributed by atoms with Crippen molar-refractivity contribution in [3.63, 3.8) is 0 Å².